The van der Waals surface area contributed by atoms with Crippen molar-refractivity contribution in [2.45, 2.75) is 110 Å². The molecular formula is C45H60Cl2F2N6O5Si2. The van der Waals surface area contributed by atoms with E-state index in [-0.39, 0.29) is 38.3 Å². The molecular weight excluding hydrogens is 870 g/mol. The van der Waals surface area contributed by atoms with Gasteiger partial charge in [-0.1, -0.05) is 95.1 Å². The van der Waals surface area contributed by atoms with E-state index in [1.165, 1.54) is 6.07 Å². The summed E-state index contributed by atoms with van der Waals surface area (Å²) in [5.41, 5.74) is 4.26. The molecule has 1 N–H and O–H groups in total. The third kappa shape index (κ3) is 10.9. The Morgan fingerprint density at radius 1 is 0.919 bits per heavy atom. The van der Waals surface area contributed by atoms with E-state index >= 15 is 0 Å². The van der Waals surface area contributed by atoms with Gasteiger partial charge >= 0.3 is 6.61 Å². The number of pyridine rings is 1. The van der Waals surface area contributed by atoms with Crippen molar-refractivity contribution >= 4 is 51.4 Å². The van der Waals surface area contributed by atoms with Crippen molar-refractivity contribution < 1.29 is 31.9 Å². The van der Waals surface area contributed by atoms with Crippen molar-refractivity contribution in [2.24, 2.45) is 0 Å². The fourth-order valence-electron chi connectivity index (χ4n) is 7.00. The Morgan fingerprint density at radius 3 is 2.21 bits per heavy atom. The van der Waals surface area contributed by atoms with Crippen molar-refractivity contribution in [3.8, 4) is 34.0 Å². The van der Waals surface area contributed by atoms with Crippen LogP contribution in [0.2, 0.25) is 46.3 Å². The summed E-state index contributed by atoms with van der Waals surface area (Å²) < 4.78 is 50.9. The summed E-state index contributed by atoms with van der Waals surface area (Å²) >= 11 is 14.1. The van der Waals surface area contributed by atoms with Crippen LogP contribution in [0.25, 0.3) is 22.4 Å². The van der Waals surface area contributed by atoms with Crippen molar-refractivity contribution in [1.29, 1.82) is 0 Å². The number of methoxy groups -OCH3 is 1. The van der Waals surface area contributed by atoms with Crippen LogP contribution in [-0.4, -0.2) is 99.9 Å². The number of carbonyl (C=O) groups is 1. The number of nitrogens with zero attached hydrogens (tertiary/aromatic N) is 5. The zero-order chi connectivity index (χ0) is 45.4. The first kappa shape index (κ1) is 47.9. The number of halogens is 4. The first-order chi connectivity index (χ1) is 29.0. The highest BCUT2D eigenvalue weighted by atomic mass is 35.5. The Kier molecular flexibility index (Phi) is 14.6. The molecule has 4 aromatic rings. The van der Waals surface area contributed by atoms with E-state index in [0.29, 0.717) is 89.4 Å². The summed E-state index contributed by atoms with van der Waals surface area (Å²) in [6.45, 7) is 23.5. The molecule has 17 heteroatoms. The number of nitrogens with one attached hydrogen (secondary N) is 1. The van der Waals surface area contributed by atoms with Gasteiger partial charge in [-0.15, -0.1) is 0 Å². The number of hydrogen-bond donors (Lipinski definition) is 1. The van der Waals surface area contributed by atoms with Crippen molar-refractivity contribution in [3.63, 3.8) is 0 Å². The summed E-state index contributed by atoms with van der Waals surface area (Å²) in [5, 5.41) is 3.65. The van der Waals surface area contributed by atoms with E-state index < -0.39 is 29.2 Å². The number of carbonyl (C=O) groups excluding carboxylic acids is 1. The molecule has 11 nitrogen and oxygen atoms in total. The molecule has 6 rings (SSSR count). The molecule has 1 saturated heterocycles. The van der Waals surface area contributed by atoms with E-state index in [9.17, 15) is 13.6 Å². The van der Waals surface area contributed by atoms with Crippen LogP contribution in [0.5, 0.6) is 11.6 Å². The Labute approximate surface area is 377 Å². The van der Waals surface area contributed by atoms with Crippen molar-refractivity contribution in [3.05, 3.63) is 81.4 Å². The molecule has 2 aliphatic heterocycles. The quantitative estimate of drug-likeness (QED) is 0.116. The van der Waals surface area contributed by atoms with Gasteiger partial charge in [0, 0.05) is 74.2 Å². The van der Waals surface area contributed by atoms with Gasteiger partial charge < -0.3 is 23.6 Å². The van der Waals surface area contributed by atoms with Gasteiger partial charge in [0.15, 0.2) is 16.6 Å². The van der Waals surface area contributed by atoms with Crippen LogP contribution in [0.3, 0.4) is 0 Å². The lowest BCUT2D eigenvalue weighted by molar-refractivity contribution is -0.0508. The molecule has 1 fully saturated rings. The van der Waals surface area contributed by atoms with E-state index in [2.05, 4.69) is 87.8 Å². The standard InChI is InChI=1S/C45H60Cl2F2N6O5Si2/c1-44(2,3)61(8,9)58-21-20-54-19-18-31-36(26-54)51-34(22-38(31)59-43(48)49)41(56)52-33-17-13-15-30(40(33)47)29-14-12-16-32(39(29)46)35-23-50-37(42(53-35)57-7)27-55-24-28(25-55)60-62(10,11)45(4,5)6/h12-17,22-23,28,43H,18-21,24-27H2,1-11H3,(H,52,56). The summed E-state index contributed by atoms with van der Waals surface area (Å²) in [4.78, 5) is 32.5. The first-order valence-electron chi connectivity index (χ1n) is 21.0. The molecule has 0 unspecified atom stereocenters. The predicted molar refractivity (Wildman–Crippen MR) is 248 cm³/mol. The molecule has 0 saturated carbocycles. The number of benzene rings is 2. The smallest absolute Gasteiger partial charge is 0.387 e. The number of alkyl halides is 2. The highest BCUT2D eigenvalue weighted by Crippen LogP contribution is 2.43. The van der Waals surface area contributed by atoms with Crippen LogP contribution >= 0.6 is 23.2 Å². The van der Waals surface area contributed by atoms with E-state index in [1.54, 1.807) is 31.5 Å². The average Bonchev–Trinajstić information content (AvgIpc) is 3.17. The minimum absolute atomic E-state index is 0.0654. The van der Waals surface area contributed by atoms with Crippen LogP contribution in [0, 0.1) is 0 Å². The van der Waals surface area contributed by atoms with Crippen LogP contribution in [0.4, 0.5) is 14.5 Å². The normalized spacial score (nSPS) is 15.7. The van der Waals surface area contributed by atoms with Crippen LogP contribution < -0.4 is 14.8 Å². The minimum atomic E-state index is -3.07. The van der Waals surface area contributed by atoms with Crippen molar-refractivity contribution in [2.75, 3.05) is 45.2 Å². The van der Waals surface area contributed by atoms with Gasteiger partial charge in [-0.25, -0.2) is 9.97 Å². The maximum atomic E-state index is 13.8. The molecule has 0 spiro atoms. The highest BCUT2D eigenvalue weighted by molar-refractivity contribution is 6.74. The Balaban J connectivity index is 1.17. The number of anilines is 1. The number of rotatable bonds is 15. The average molecular weight is 930 g/mol. The Bertz CT molecular complexity index is 2270. The molecule has 2 aliphatic rings. The second-order valence-electron chi connectivity index (χ2n) is 19.1. The molecule has 1 amide bonds. The molecule has 0 atom stereocenters. The largest absolute Gasteiger partial charge is 0.480 e. The monoisotopic (exact) mass is 928 g/mol. The van der Waals surface area contributed by atoms with E-state index in [4.69, 9.17) is 51.5 Å². The molecule has 62 heavy (non-hydrogen) atoms. The van der Waals surface area contributed by atoms with Gasteiger partial charge in [0.1, 0.15) is 17.1 Å². The first-order valence-corrected chi connectivity index (χ1v) is 27.6. The van der Waals surface area contributed by atoms with Crippen LogP contribution in [-0.2, 0) is 28.4 Å². The number of likely N-dealkylation sites (tertiary alicyclic amines) is 1. The lowest BCUT2D eigenvalue weighted by Crippen LogP contribution is -2.57. The second kappa shape index (κ2) is 18.9. The van der Waals surface area contributed by atoms with Gasteiger partial charge in [-0.3, -0.25) is 19.6 Å². The summed E-state index contributed by atoms with van der Waals surface area (Å²) in [5.74, 6) is -0.297. The summed E-state index contributed by atoms with van der Waals surface area (Å²) in [7, 11) is -2.24. The lowest BCUT2D eigenvalue weighted by atomic mass is 10.0. The Hall–Kier alpha value is -3.55. The van der Waals surface area contributed by atoms with Gasteiger partial charge in [-0.2, -0.15) is 8.78 Å². The van der Waals surface area contributed by atoms with Gasteiger partial charge in [0.05, 0.1) is 46.5 Å². The highest BCUT2D eigenvalue weighted by Gasteiger charge is 2.42. The number of ether oxygens (including phenoxy) is 2. The zero-order valence-corrected chi connectivity index (χ0v) is 41.2. The third-order valence-electron chi connectivity index (χ3n) is 12.7. The molecule has 4 heterocycles. The molecule has 336 valence electrons. The molecule has 0 bridgehead atoms. The lowest BCUT2D eigenvalue weighted by Gasteiger charge is -2.46. The van der Waals surface area contributed by atoms with Gasteiger partial charge in [0.25, 0.3) is 5.91 Å². The fraction of sp³-hybridized carbons (Fsp3) is 0.511. The SMILES string of the molecule is COc1nc(-c2cccc(-c3cccc(NC(=O)c4cc(OC(F)F)c5c(n4)CN(CCO[Si](C)(C)C(C)(C)C)CC5)c3Cl)c2Cl)cnc1CN1CC(O[Si](C)(C)C(C)(C)C)C1. The number of fused-ring (bicyclic) bond motifs is 1. The van der Waals surface area contributed by atoms with E-state index in [1.807, 2.05) is 18.2 Å². The minimum Gasteiger partial charge on any atom is -0.480 e. The summed E-state index contributed by atoms with van der Waals surface area (Å²) in [6, 6.07) is 12.0. The maximum absolute atomic E-state index is 13.8. The summed E-state index contributed by atoms with van der Waals surface area (Å²) in [6.07, 6.45) is 2.32. The van der Waals surface area contributed by atoms with Gasteiger partial charge in [-0.05, 0) is 48.8 Å². The van der Waals surface area contributed by atoms with Crippen LogP contribution in [0.1, 0.15) is 69.0 Å². The molecule has 2 aromatic carbocycles. The topological polar surface area (TPSA) is 111 Å². The second-order valence-corrected chi connectivity index (χ2v) is 29.5. The van der Waals surface area contributed by atoms with E-state index in [0.717, 1.165) is 13.1 Å². The third-order valence-corrected chi connectivity index (χ3v) is 22.6. The van der Waals surface area contributed by atoms with Crippen LogP contribution in [0.15, 0.2) is 48.7 Å². The fourth-order valence-corrected chi connectivity index (χ4v) is 9.97. The molecule has 0 radical (unpaired) electrons. The zero-order valence-electron chi connectivity index (χ0n) is 37.7. The van der Waals surface area contributed by atoms with Crippen molar-refractivity contribution in [1.82, 2.24) is 24.8 Å². The Morgan fingerprint density at radius 2 is 1.56 bits per heavy atom. The number of aromatic nitrogens is 3. The number of amides is 1. The number of hydrogen-bond acceptors (Lipinski definition) is 10. The molecule has 0 aliphatic carbocycles. The predicted octanol–water partition coefficient (Wildman–Crippen LogP) is 11.0. The maximum Gasteiger partial charge on any atom is 0.387 e. The molecule has 2 aromatic heterocycles. The van der Waals surface area contributed by atoms with Gasteiger partial charge in [0.2, 0.25) is 5.88 Å².